The molecule has 0 heterocycles. The number of nitrogens with two attached hydrogens (primary N) is 2. The van der Waals surface area contributed by atoms with E-state index in [0.717, 1.165) is 16.7 Å². The summed E-state index contributed by atoms with van der Waals surface area (Å²) in [5, 5.41) is 0. The molecular formula is C27H32ClN3O2. The van der Waals surface area contributed by atoms with Gasteiger partial charge in [0.25, 0.3) is 0 Å². The fraction of sp³-hybridized carbons (Fsp3) is 0.259. The maximum Gasteiger partial charge on any atom is 0.240 e. The van der Waals surface area contributed by atoms with Crippen LogP contribution in [-0.2, 0) is 9.59 Å². The zero-order valence-corrected chi connectivity index (χ0v) is 19.7. The number of primary amides is 1. The summed E-state index contributed by atoms with van der Waals surface area (Å²) < 4.78 is 0. The van der Waals surface area contributed by atoms with E-state index in [-0.39, 0.29) is 24.4 Å². The monoisotopic (exact) mass is 465 g/mol. The van der Waals surface area contributed by atoms with Gasteiger partial charge in [0.05, 0.1) is 12.0 Å². The minimum atomic E-state index is -0.754. The molecule has 174 valence electrons. The van der Waals surface area contributed by atoms with Gasteiger partial charge >= 0.3 is 0 Å². The Bertz CT molecular complexity index is 960. The number of benzene rings is 3. The standard InChI is InChI=1S/C27H31N3O2.ClH/c1-20(21-12-5-2-6-13-21)30(24(26(29)31)18-11-19-28)27(32)25(22-14-7-3-8-15-22)23-16-9-4-10-17-23;/h2-10,12-17,20,24-25H,11,18-19,28H2,1H3,(H2,29,31);1H/t20-,24+;/m0./s1. The van der Waals surface area contributed by atoms with Crippen LogP contribution in [0, 0.1) is 0 Å². The molecule has 3 aromatic rings. The largest absolute Gasteiger partial charge is 0.368 e. The average Bonchev–Trinajstić information content (AvgIpc) is 2.83. The topological polar surface area (TPSA) is 89.4 Å². The van der Waals surface area contributed by atoms with Crippen LogP contribution in [0.3, 0.4) is 0 Å². The van der Waals surface area contributed by atoms with E-state index in [4.69, 9.17) is 11.5 Å². The fourth-order valence-electron chi connectivity index (χ4n) is 4.15. The predicted molar refractivity (Wildman–Crippen MR) is 135 cm³/mol. The second-order valence-corrected chi connectivity index (χ2v) is 7.94. The van der Waals surface area contributed by atoms with Crippen LogP contribution in [0.2, 0.25) is 0 Å². The molecule has 6 heteroatoms. The molecule has 2 amide bonds. The third-order valence-electron chi connectivity index (χ3n) is 5.81. The molecule has 0 fully saturated rings. The van der Waals surface area contributed by atoms with E-state index >= 15 is 0 Å². The first-order chi connectivity index (χ1) is 15.5. The number of carbonyl (C=O) groups is 2. The van der Waals surface area contributed by atoms with E-state index in [2.05, 4.69) is 0 Å². The molecule has 0 saturated carbocycles. The number of carbonyl (C=O) groups excluding carboxylic acids is 2. The zero-order valence-electron chi connectivity index (χ0n) is 18.8. The van der Waals surface area contributed by atoms with Gasteiger partial charge in [-0.1, -0.05) is 91.0 Å². The fourth-order valence-corrected chi connectivity index (χ4v) is 4.15. The van der Waals surface area contributed by atoms with Crippen molar-refractivity contribution in [2.75, 3.05) is 6.54 Å². The van der Waals surface area contributed by atoms with Crippen LogP contribution in [0.1, 0.15) is 48.4 Å². The summed E-state index contributed by atoms with van der Waals surface area (Å²) in [6.07, 6.45) is 1.02. The predicted octanol–water partition coefficient (Wildman–Crippen LogP) is 4.42. The summed E-state index contributed by atoms with van der Waals surface area (Å²) >= 11 is 0. The molecule has 0 aliphatic carbocycles. The van der Waals surface area contributed by atoms with E-state index in [0.29, 0.717) is 19.4 Å². The van der Waals surface area contributed by atoms with Crippen LogP contribution in [0.25, 0.3) is 0 Å². The van der Waals surface area contributed by atoms with E-state index in [9.17, 15) is 9.59 Å². The molecule has 3 aromatic carbocycles. The first-order valence-electron chi connectivity index (χ1n) is 11.0. The highest BCUT2D eigenvalue weighted by Gasteiger charge is 2.37. The summed E-state index contributed by atoms with van der Waals surface area (Å²) in [5.41, 5.74) is 14.2. The molecule has 0 aliphatic heterocycles. The third-order valence-corrected chi connectivity index (χ3v) is 5.81. The molecule has 0 aliphatic rings. The number of halogens is 1. The van der Waals surface area contributed by atoms with Crippen molar-refractivity contribution in [3.63, 3.8) is 0 Å². The molecule has 2 atom stereocenters. The van der Waals surface area contributed by atoms with Crippen molar-refractivity contribution in [2.24, 2.45) is 11.5 Å². The van der Waals surface area contributed by atoms with Crippen molar-refractivity contribution < 1.29 is 9.59 Å². The lowest BCUT2D eigenvalue weighted by molar-refractivity contribution is -0.142. The minimum absolute atomic E-state index is 0. The maximum atomic E-state index is 14.3. The van der Waals surface area contributed by atoms with Gasteiger partial charge < -0.3 is 16.4 Å². The number of hydrogen-bond acceptors (Lipinski definition) is 3. The summed E-state index contributed by atoms with van der Waals surface area (Å²) in [6, 6.07) is 27.9. The first-order valence-corrected chi connectivity index (χ1v) is 11.0. The Morgan fingerprint density at radius 3 is 1.61 bits per heavy atom. The second-order valence-electron chi connectivity index (χ2n) is 7.94. The van der Waals surface area contributed by atoms with E-state index in [1.807, 2.05) is 97.9 Å². The van der Waals surface area contributed by atoms with Gasteiger partial charge in [0.15, 0.2) is 0 Å². The van der Waals surface area contributed by atoms with Crippen LogP contribution in [0.15, 0.2) is 91.0 Å². The van der Waals surface area contributed by atoms with Crippen LogP contribution in [-0.4, -0.2) is 29.3 Å². The Hall–Kier alpha value is -3.15. The van der Waals surface area contributed by atoms with Crippen LogP contribution in [0.4, 0.5) is 0 Å². The van der Waals surface area contributed by atoms with E-state index in [1.165, 1.54) is 0 Å². The van der Waals surface area contributed by atoms with Crippen molar-refractivity contribution in [1.29, 1.82) is 0 Å². The highest BCUT2D eigenvalue weighted by molar-refractivity contribution is 5.92. The van der Waals surface area contributed by atoms with Crippen LogP contribution in [0.5, 0.6) is 0 Å². The van der Waals surface area contributed by atoms with Crippen molar-refractivity contribution in [1.82, 2.24) is 4.90 Å². The van der Waals surface area contributed by atoms with Gasteiger partial charge in [-0.05, 0) is 43.0 Å². The SMILES string of the molecule is C[C@@H](c1ccccc1)N(C(=O)C(c1ccccc1)c1ccccc1)[C@H](CCCN)C(N)=O.Cl. The molecule has 4 N–H and O–H groups in total. The Morgan fingerprint density at radius 1 is 0.788 bits per heavy atom. The number of hydrogen-bond donors (Lipinski definition) is 2. The summed E-state index contributed by atoms with van der Waals surface area (Å²) in [4.78, 5) is 28.5. The molecule has 0 radical (unpaired) electrons. The number of amides is 2. The Balaban J connectivity index is 0.00000385. The smallest absolute Gasteiger partial charge is 0.240 e. The van der Waals surface area contributed by atoms with Crippen molar-refractivity contribution in [3.8, 4) is 0 Å². The lowest BCUT2D eigenvalue weighted by atomic mass is 9.88. The molecule has 0 spiro atoms. The molecular weight excluding hydrogens is 434 g/mol. The van der Waals surface area contributed by atoms with Crippen LogP contribution < -0.4 is 11.5 Å². The average molecular weight is 466 g/mol. The van der Waals surface area contributed by atoms with E-state index < -0.39 is 17.9 Å². The molecule has 33 heavy (non-hydrogen) atoms. The molecule has 5 nitrogen and oxygen atoms in total. The summed E-state index contributed by atoms with van der Waals surface area (Å²) in [6.45, 7) is 2.37. The Labute approximate surface area is 202 Å². The van der Waals surface area contributed by atoms with Crippen LogP contribution >= 0.6 is 12.4 Å². The highest BCUT2D eigenvalue weighted by Crippen LogP contribution is 2.33. The van der Waals surface area contributed by atoms with E-state index in [1.54, 1.807) is 4.90 Å². The number of nitrogens with zero attached hydrogens (tertiary/aromatic N) is 1. The van der Waals surface area contributed by atoms with Gasteiger partial charge in [-0.3, -0.25) is 9.59 Å². The molecule has 0 unspecified atom stereocenters. The van der Waals surface area contributed by atoms with Gasteiger partial charge in [-0.15, -0.1) is 12.4 Å². The van der Waals surface area contributed by atoms with Gasteiger partial charge in [0.1, 0.15) is 6.04 Å². The summed E-state index contributed by atoms with van der Waals surface area (Å²) in [5.74, 6) is -1.22. The van der Waals surface area contributed by atoms with Gasteiger partial charge in [0.2, 0.25) is 11.8 Å². The maximum absolute atomic E-state index is 14.3. The third kappa shape index (κ3) is 6.44. The molecule has 3 rings (SSSR count). The lowest BCUT2D eigenvalue weighted by Gasteiger charge is -2.38. The van der Waals surface area contributed by atoms with Crippen molar-refractivity contribution in [2.45, 2.75) is 37.8 Å². The second kappa shape index (κ2) is 12.8. The number of rotatable bonds is 10. The highest BCUT2D eigenvalue weighted by atomic mass is 35.5. The van der Waals surface area contributed by atoms with Gasteiger partial charge in [-0.25, -0.2) is 0 Å². The molecule has 0 aromatic heterocycles. The normalized spacial score (nSPS) is 12.5. The van der Waals surface area contributed by atoms with Crippen molar-refractivity contribution in [3.05, 3.63) is 108 Å². The zero-order chi connectivity index (χ0) is 22.9. The molecule has 0 saturated heterocycles. The Morgan fingerprint density at radius 2 is 1.21 bits per heavy atom. The van der Waals surface area contributed by atoms with Gasteiger partial charge in [-0.2, -0.15) is 0 Å². The minimum Gasteiger partial charge on any atom is -0.368 e. The lowest BCUT2D eigenvalue weighted by Crippen LogP contribution is -2.50. The van der Waals surface area contributed by atoms with Crippen molar-refractivity contribution >= 4 is 24.2 Å². The molecule has 0 bridgehead atoms. The summed E-state index contributed by atoms with van der Waals surface area (Å²) in [7, 11) is 0. The first kappa shape index (κ1) is 26.1. The quantitative estimate of drug-likeness (QED) is 0.464. The van der Waals surface area contributed by atoms with Gasteiger partial charge in [0, 0.05) is 0 Å². The Kier molecular flexibility index (Phi) is 10.1.